The summed E-state index contributed by atoms with van der Waals surface area (Å²) in [5.74, 6) is 1.18. The Hall–Kier alpha value is -2.99. The van der Waals surface area contributed by atoms with Gasteiger partial charge in [0, 0.05) is 18.6 Å². The van der Waals surface area contributed by atoms with E-state index in [1.807, 2.05) is 42.5 Å². The first-order valence-electron chi connectivity index (χ1n) is 8.07. The monoisotopic (exact) mass is 369 g/mol. The van der Waals surface area contributed by atoms with Crippen molar-refractivity contribution in [3.8, 4) is 22.8 Å². The zero-order chi connectivity index (χ0) is 18.1. The van der Waals surface area contributed by atoms with E-state index in [-0.39, 0.29) is 12.7 Å². The van der Waals surface area contributed by atoms with E-state index in [0.717, 1.165) is 22.6 Å². The van der Waals surface area contributed by atoms with Crippen molar-refractivity contribution in [1.29, 1.82) is 0 Å². The number of hydrogen-bond acceptors (Lipinski definition) is 4. The van der Waals surface area contributed by atoms with Crippen LogP contribution in [0.2, 0.25) is 5.02 Å². The second kappa shape index (κ2) is 6.72. The van der Waals surface area contributed by atoms with Crippen LogP contribution in [0.4, 0.5) is 0 Å². The topological polar surface area (TPSA) is 65.4 Å². The molecule has 1 aliphatic rings. The number of rotatable bonds is 4. The molecule has 0 saturated carbocycles. The minimum atomic E-state index is -0.238. The number of hydrogen-bond donors (Lipinski definition) is 1. The largest absolute Gasteiger partial charge is 0.454 e. The Kier molecular flexibility index (Phi) is 4.26. The summed E-state index contributed by atoms with van der Waals surface area (Å²) in [5, 5.41) is 7.85. The summed E-state index contributed by atoms with van der Waals surface area (Å²) in [7, 11) is 1.80. The number of ether oxygens (including phenoxy) is 2. The smallest absolute Gasteiger partial charge is 0.272 e. The molecule has 1 aliphatic heterocycles. The van der Waals surface area contributed by atoms with Crippen LogP contribution in [-0.2, 0) is 13.6 Å². The molecule has 1 amide bonds. The minimum absolute atomic E-state index is 0.229. The predicted molar refractivity (Wildman–Crippen MR) is 97.4 cm³/mol. The second-order valence-electron chi connectivity index (χ2n) is 5.92. The van der Waals surface area contributed by atoms with Crippen molar-refractivity contribution in [2.45, 2.75) is 6.54 Å². The number of benzene rings is 2. The maximum atomic E-state index is 12.4. The van der Waals surface area contributed by atoms with E-state index in [9.17, 15) is 4.79 Å². The number of halogens is 1. The van der Waals surface area contributed by atoms with Crippen molar-refractivity contribution >= 4 is 17.5 Å². The molecule has 0 spiro atoms. The molecule has 2 aromatic carbocycles. The van der Waals surface area contributed by atoms with Crippen LogP contribution in [0.5, 0.6) is 11.5 Å². The Morgan fingerprint density at radius 1 is 1.15 bits per heavy atom. The molecule has 0 bridgehead atoms. The Morgan fingerprint density at radius 3 is 2.73 bits per heavy atom. The molecule has 26 heavy (non-hydrogen) atoms. The molecule has 0 aliphatic carbocycles. The number of amides is 1. The Balaban J connectivity index is 1.47. The van der Waals surface area contributed by atoms with Crippen molar-refractivity contribution in [2.75, 3.05) is 6.79 Å². The Morgan fingerprint density at radius 2 is 1.92 bits per heavy atom. The van der Waals surface area contributed by atoms with E-state index in [4.69, 9.17) is 21.1 Å². The van der Waals surface area contributed by atoms with Crippen molar-refractivity contribution < 1.29 is 14.3 Å². The van der Waals surface area contributed by atoms with Crippen LogP contribution in [0.1, 0.15) is 16.1 Å². The van der Waals surface area contributed by atoms with Gasteiger partial charge in [-0.2, -0.15) is 5.10 Å². The fourth-order valence-electron chi connectivity index (χ4n) is 2.79. The molecule has 1 aromatic heterocycles. The van der Waals surface area contributed by atoms with Crippen molar-refractivity contribution in [1.82, 2.24) is 15.1 Å². The highest BCUT2D eigenvalue weighted by atomic mass is 35.5. The molecule has 0 radical (unpaired) electrons. The number of nitrogens with zero attached hydrogens (tertiary/aromatic N) is 2. The van der Waals surface area contributed by atoms with E-state index in [0.29, 0.717) is 23.0 Å². The summed E-state index contributed by atoms with van der Waals surface area (Å²) in [5.41, 5.74) is 3.07. The molecule has 2 heterocycles. The highest BCUT2D eigenvalue weighted by Crippen LogP contribution is 2.32. The molecule has 3 aromatic rings. The average Bonchev–Trinajstić information content (AvgIpc) is 3.26. The van der Waals surface area contributed by atoms with E-state index in [1.54, 1.807) is 17.8 Å². The van der Waals surface area contributed by atoms with Gasteiger partial charge in [0.05, 0.1) is 5.69 Å². The molecule has 0 unspecified atom stereocenters. The Bertz CT molecular complexity index is 967. The lowest BCUT2D eigenvalue weighted by Gasteiger charge is -2.04. The molecule has 0 atom stereocenters. The normalized spacial score (nSPS) is 12.2. The molecule has 4 rings (SSSR count). The molecular weight excluding hydrogens is 354 g/mol. The lowest BCUT2D eigenvalue weighted by atomic mass is 10.1. The first kappa shape index (κ1) is 16.5. The first-order valence-corrected chi connectivity index (χ1v) is 8.44. The summed E-state index contributed by atoms with van der Waals surface area (Å²) in [6.45, 7) is 0.606. The molecule has 6 nitrogen and oxygen atoms in total. The van der Waals surface area contributed by atoms with Gasteiger partial charge in [-0.1, -0.05) is 29.8 Å². The lowest BCUT2D eigenvalue weighted by molar-refractivity contribution is 0.0945. The summed E-state index contributed by atoms with van der Waals surface area (Å²) < 4.78 is 12.3. The third-order valence-electron chi connectivity index (χ3n) is 4.14. The minimum Gasteiger partial charge on any atom is -0.454 e. The summed E-state index contributed by atoms with van der Waals surface area (Å²) in [6.07, 6.45) is 0. The van der Waals surface area contributed by atoms with Gasteiger partial charge in [-0.25, -0.2) is 0 Å². The zero-order valence-electron chi connectivity index (χ0n) is 14.0. The lowest BCUT2D eigenvalue weighted by Crippen LogP contribution is -2.23. The van der Waals surface area contributed by atoms with Gasteiger partial charge in [0.2, 0.25) is 6.79 Å². The quantitative estimate of drug-likeness (QED) is 0.765. The maximum Gasteiger partial charge on any atom is 0.272 e. The van der Waals surface area contributed by atoms with E-state index in [1.165, 1.54) is 0 Å². The molecular formula is C19H16ClN3O3. The van der Waals surface area contributed by atoms with Crippen molar-refractivity contribution in [3.63, 3.8) is 0 Å². The SMILES string of the molecule is Cn1nc(C(=O)NCc2ccc3c(c2)OCO3)cc1-c1ccc(Cl)cc1. The van der Waals surface area contributed by atoms with Gasteiger partial charge in [-0.15, -0.1) is 0 Å². The van der Waals surface area contributed by atoms with E-state index >= 15 is 0 Å². The van der Waals surface area contributed by atoms with Gasteiger partial charge in [0.25, 0.3) is 5.91 Å². The number of carbonyl (C=O) groups is 1. The molecule has 0 fully saturated rings. The van der Waals surface area contributed by atoms with Gasteiger partial charge in [0.1, 0.15) is 0 Å². The number of aryl methyl sites for hydroxylation is 1. The number of nitrogens with one attached hydrogen (secondary N) is 1. The third-order valence-corrected chi connectivity index (χ3v) is 4.39. The fourth-order valence-corrected chi connectivity index (χ4v) is 2.92. The first-order chi connectivity index (χ1) is 12.6. The van der Waals surface area contributed by atoms with Gasteiger partial charge in [-0.05, 0) is 41.5 Å². The fraction of sp³-hybridized carbons (Fsp3) is 0.158. The molecule has 1 N–H and O–H groups in total. The summed E-state index contributed by atoms with van der Waals surface area (Å²) >= 11 is 5.93. The van der Waals surface area contributed by atoms with Crippen LogP contribution in [0.15, 0.2) is 48.5 Å². The Labute approximate surface area is 155 Å². The van der Waals surface area contributed by atoms with Gasteiger partial charge in [0.15, 0.2) is 17.2 Å². The highest BCUT2D eigenvalue weighted by molar-refractivity contribution is 6.30. The standard InChI is InChI=1S/C19H16ClN3O3/c1-23-16(13-3-5-14(20)6-4-13)9-15(22-23)19(24)21-10-12-2-7-17-18(8-12)26-11-25-17/h2-9H,10-11H2,1H3,(H,21,24). The van der Waals surface area contributed by atoms with Crippen LogP contribution in [0.3, 0.4) is 0 Å². The van der Waals surface area contributed by atoms with Crippen LogP contribution in [0, 0.1) is 0 Å². The number of fused-ring (bicyclic) bond motifs is 1. The van der Waals surface area contributed by atoms with E-state index < -0.39 is 0 Å². The molecule has 7 heteroatoms. The molecule has 132 valence electrons. The maximum absolute atomic E-state index is 12.4. The second-order valence-corrected chi connectivity index (χ2v) is 6.35. The van der Waals surface area contributed by atoms with Crippen LogP contribution < -0.4 is 14.8 Å². The summed E-state index contributed by atoms with van der Waals surface area (Å²) in [6, 6.07) is 14.8. The van der Waals surface area contributed by atoms with Gasteiger partial charge < -0.3 is 14.8 Å². The number of carbonyl (C=O) groups excluding carboxylic acids is 1. The third kappa shape index (κ3) is 3.23. The van der Waals surface area contributed by atoms with Crippen molar-refractivity contribution in [3.05, 3.63) is 64.8 Å². The highest BCUT2D eigenvalue weighted by Gasteiger charge is 2.16. The van der Waals surface area contributed by atoms with Gasteiger partial charge >= 0.3 is 0 Å². The van der Waals surface area contributed by atoms with E-state index in [2.05, 4.69) is 10.4 Å². The summed E-state index contributed by atoms with van der Waals surface area (Å²) in [4.78, 5) is 12.4. The average molecular weight is 370 g/mol. The predicted octanol–water partition coefficient (Wildman–Crippen LogP) is 3.40. The van der Waals surface area contributed by atoms with Crippen LogP contribution in [0.25, 0.3) is 11.3 Å². The molecule has 0 saturated heterocycles. The van der Waals surface area contributed by atoms with Crippen LogP contribution in [-0.4, -0.2) is 22.5 Å². The zero-order valence-corrected chi connectivity index (χ0v) is 14.8. The number of aromatic nitrogens is 2. The van der Waals surface area contributed by atoms with Crippen LogP contribution >= 0.6 is 11.6 Å². The van der Waals surface area contributed by atoms with Crippen molar-refractivity contribution in [2.24, 2.45) is 7.05 Å². The van der Waals surface area contributed by atoms with Gasteiger partial charge in [-0.3, -0.25) is 9.48 Å².